The van der Waals surface area contributed by atoms with E-state index in [-0.39, 0.29) is 17.5 Å². The Morgan fingerprint density at radius 1 is 0.969 bits per heavy atom. The van der Waals surface area contributed by atoms with E-state index in [1.165, 1.54) is 17.0 Å². The number of nitro benzene ring substituents is 1. The van der Waals surface area contributed by atoms with Crippen molar-refractivity contribution in [3.8, 4) is 0 Å². The zero-order chi connectivity index (χ0) is 22.7. The highest BCUT2D eigenvalue weighted by Gasteiger charge is 2.42. The molecule has 2 aliphatic heterocycles. The molecular formula is C25H27N3O4. The van der Waals surface area contributed by atoms with E-state index in [9.17, 15) is 19.7 Å². The topological polar surface area (TPSA) is 83.8 Å². The molecule has 0 saturated carbocycles. The number of unbranched alkanes of at least 4 members (excludes halogenated alkanes) is 3. The first-order chi connectivity index (χ1) is 15.5. The number of fused-ring (bicyclic) bond motifs is 1. The van der Waals surface area contributed by atoms with Crippen LogP contribution in [-0.4, -0.2) is 34.7 Å². The molecule has 32 heavy (non-hydrogen) atoms. The van der Waals surface area contributed by atoms with Crippen LogP contribution >= 0.6 is 0 Å². The predicted octanol–water partition coefficient (Wildman–Crippen LogP) is 4.71. The van der Waals surface area contributed by atoms with Crippen LogP contribution in [0.1, 0.15) is 50.2 Å². The maximum Gasteiger partial charge on any atom is 0.278 e. The van der Waals surface area contributed by atoms with Gasteiger partial charge in [-0.25, -0.2) is 0 Å². The molecule has 2 heterocycles. The maximum atomic E-state index is 13.5. The summed E-state index contributed by atoms with van der Waals surface area (Å²) in [7, 11) is 0. The van der Waals surface area contributed by atoms with E-state index in [2.05, 4.69) is 13.0 Å². The molecule has 7 nitrogen and oxygen atoms in total. The summed E-state index contributed by atoms with van der Waals surface area (Å²) in [6.07, 6.45) is 5.67. The van der Waals surface area contributed by atoms with E-state index < -0.39 is 4.92 Å². The van der Waals surface area contributed by atoms with Gasteiger partial charge in [0.2, 0.25) is 0 Å². The van der Waals surface area contributed by atoms with Crippen molar-refractivity contribution in [2.75, 3.05) is 18.0 Å². The summed E-state index contributed by atoms with van der Waals surface area (Å²) in [5.41, 5.74) is 3.29. The molecule has 4 rings (SSSR count). The summed E-state index contributed by atoms with van der Waals surface area (Å²) < 4.78 is 0. The van der Waals surface area contributed by atoms with Crippen molar-refractivity contribution in [3.63, 3.8) is 0 Å². The van der Waals surface area contributed by atoms with Gasteiger partial charge < -0.3 is 4.90 Å². The molecule has 2 amide bonds. The van der Waals surface area contributed by atoms with Gasteiger partial charge in [0, 0.05) is 30.9 Å². The lowest BCUT2D eigenvalue weighted by Gasteiger charge is -2.32. The number of nitro groups is 1. The molecule has 2 aromatic carbocycles. The first-order valence-corrected chi connectivity index (χ1v) is 11.2. The van der Waals surface area contributed by atoms with Crippen molar-refractivity contribution < 1.29 is 14.5 Å². The van der Waals surface area contributed by atoms with Gasteiger partial charge in [-0.05, 0) is 48.6 Å². The monoisotopic (exact) mass is 433 g/mol. The molecule has 0 aliphatic carbocycles. The number of para-hydroxylation sites is 1. The van der Waals surface area contributed by atoms with Gasteiger partial charge in [0.05, 0.1) is 10.5 Å². The van der Waals surface area contributed by atoms with Crippen LogP contribution in [0.25, 0.3) is 5.57 Å². The quantitative estimate of drug-likeness (QED) is 0.261. The number of carbonyl (C=O) groups excluding carboxylic acids is 2. The third-order valence-electron chi connectivity index (χ3n) is 6.13. The molecule has 2 aromatic rings. The Morgan fingerprint density at radius 2 is 1.72 bits per heavy atom. The van der Waals surface area contributed by atoms with E-state index in [4.69, 9.17) is 0 Å². The van der Waals surface area contributed by atoms with E-state index in [0.717, 1.165) is 49.8 Å². The summed E-state index contributed by atoms with van der Waals surface area (Å²) in [4.78, 5) is 40.9. The highest BCUT2D eigenvalue weighted by Crippen LogP contribution is 2.38. The number of nitrogens with zero attached hydrogens (tertiary/aromatic N) is 3. The fourth-order valence-electron chi connectivity index (χ4n) is 4.49. The van der Waals surface area contributed by atoms with Crippen LogP contribution in [0.3, 0.4) is 0 Å². The lowest BCUT2D eigenvalue weighted by Crippen LogP contribution is -2.37. The molecular weight excluding hydrogens is 406 g/mol. The second-order valence-electron chi connectivity index (χ2n) is 8.23. The fourth-order valence-corrected chi connectivity index (χ4v) is 4.49. The van der Waals surface area contributed by atoms with E-state index in [1.807, 2.05) is 23.1 Å². The number of benzene rings is 2. The maximum absolute atomic E-state index is 13.5. The lowest BCUT2D eigenvalue weighted by molar-refractivity contribution is -0.384. The normalized spacial score (nSPS) is 16.0. The van der Waals surface area contributed by atoms with Crippen LogP contribution < -0.4 is 4.90 Å². The van der Waals surface area contributed by atoms with Gasteiger partial charge in [0.15, 0.2) is 0 Å². The summed E-state index contributed by atoms with van der Waals surface area (Å²) in [6, 6.07) is 13.8. The molecule has 0 saturated heterocycles. The van der Waals surface area contributed by atoms with Crippen LogP contribution in [0.4, 0.5) is 11.4 Å². The van der Waals surface area contributed by atoms with Crippen molar-refractivity contribution in [2.45, 2.75) is 45.4 Å². The van der Waals surface area contributed by atoms with E-state index in [1.54, 1.807) is 12.1 Å². The molecule has 7 heteroatoms. The molecule has 0 bridgehead atoms. The Labute approximate surface area is 187 Å². The summed E-state index contributed by atoms with van der Waals surface area (Å²) in [6.45, 7) is 3.14. The number of carbonyl (C=O) groups is 2. The zero-order valence-electron chi connectivity index (χ0n) is 18.3. The predicted molar refractivity (Wildman–Crippen MR) is 123 cm³/mol. The van der Waals surface area contributed by atoms with Crippen LogP contribution in [0.5, 0.6) is 0 Å². The second kappa shape index (κ2) is 9.34. The van der Waals surface area contributed by atoms with Gasteiger partial charge in [-0.2, -0.15) is 0 Å². The smallest absolute Gasteiger partial charge is 0.278 e. The summed E-state index contributed by atoms with van der Waals surface area (Å²) in [5, 5.41) is 11.1. The number of rotatable bonds is 8. The molecule has 166 valence electrons. The molecule has 0 spiro atoms. The molecule has 0 aromatic heterocycles. The standard InChI is InChI=1S/C25H27N3O4/c1-2-3-4-7-16-27-24(29)22(19-12-14-20(15-13-19)28(31)32)23(25(27)30)26-17-8-10-18-9-5-6-11-21(18)26/h5-6,9,11-15H,2-4,7-8,10,16-17H2,1H3. The Bertz CT molecular complexity index is 1070. The van der Waals surface area contributed by atoms with Gasteiger partial charge in [0.25, 0.3) is 17.5 Å². The number of amides is 2. The largest absolute Gasteiger partial charge is 0.336 e. The van der Waals surface area contributed by atoms with E-state index in [0.29, 0.717) is 29.9 Å². The molecule has 0 N–H and O–H groups in total. The van der Waals surface area contributed by atoms with Crippen molar-refractivity contribution >= 4 is 28.8 Å². The molecule has 0 radical (unpaired) electrons. The average Bonchev–Trinajstić information content (AvgIpc) is 3.06. The van der Waals surface area contributed by atoms with Crippen molar-refractivity contribution in [3.05, 3.63) is 75.5 Å². The second-order valence-corrected chi connectivity index (χ2v) is 8.23. The zero-order valence-corrected chi connectivity index (χ0v) is 18.3. The van der Waals surface area contributed by atoms with Crippen molar-refractivity contribution in [1.82, 2.24) is 4.90 Å². The van der Waals surface area contributed by atoms with Gasteiger partial charge >= 0.3 is 0 Å². The Morgan fingerprint density at radius 3 is 2.44 bits per heavy atom. The Hall–Kier alpha value is -3.48. The first-order valence-electron chi connectivity index (χ1n) is 11.2. The Balaban J connectivity index is 1.76. The minimum absolute atomic E-state index is 0.0487. The third kappa shape index (κ3) is 4.02. The highest BCUT2D eigenvalue weighted by molar-refractivity contribution is 6.36. The number of non-ortho nitro benzene ring substituents is 1. The average molecular weight is 434 g/mol. The fraction of sp³-hybridized carbons (Fsp3) is 0.360. The Kier molecular flexibility index (Phi) is 6.35. The van der Waals surface area contributed by atoms with Gasteiger partial charge in [-0.3, -0.25) is 24.6 Å². The molecule has 0 atom stereocenters. The number of anilines is 1. The highest BCUT2D eigenvalue weighted by atomic mass is 16.6. The molecule has 0 fully saturated rings. The van der Waals surface area contributed by atoms with Gasteiger partial charge in [0.1, 0.15) is 5.70 Å². The third-order valence-corrected chi connectivity index (χ3v) is 6.13. The molecule has 2 aliphatic rings. The van der Waals surface area contributed by atoms with E-state index >= 15 is 0 Å². The number of hydrogen-bond donors (Lipinski definition) is 0. The number of aryl methyl sites for hydroxylation is 1. The minimum atomic E-state index is -0.471. The van der Waals surface area contributed by atoms with Gasteiger partial charge in [-0.1, -0.05) is 44.4 Å². The van der Waals surface area contributed by atoms with Gasteiger partial charge in [-0.15, -0.1) is 0 Å². The number of hydrogen-bond acceptors (Lipinski definition) is 5. The minimum Gasteiger partial charge on any atom is -0.336 e. The van der Waals surface area contributed by atoms with Crippen molar-refractivity contribution in [1.29, 1.82) is 0 Å². The van der Waals surface area contributed by atoms with Crippen LogP contribution in [-0.2, 0) is 16.0 Å². The lowest BCUT2D eigenvalue weighted by atomic mass is 9.98. The van der Waals surface area contributed by atoms with Crippen LogP contribution in [0.2, 0.25) is 0 Å². The number of imide groups is 1. The van der Waals surface area contributed by atoms with Crippen LogP contribution in [0.15, 0.2) is 54.2 Å². The van der Waals surface area contributed by atoms with Crippen LogP contribution in [0, 0.1) is 10.1 Å². The first kappa shape index (κ1) is 21.7. The summed E-state index contributed by atoms with van der Waals surface area (Å²) >= 11 is 0. The molecule has 0 unspecified atom stereocenters. The SMILES string of the molecule is CCCCCCN1C(=O)C(c2ccc([N+](=O)[O-])cc2)=C(N2CCCc3ccccc32)C1=O. The summed E-state index contributed by atoms with van der Waals surface area (Å²) in [5.74, 6) is -0.602. The van der Waals surface area contributed by atoms with Crippen molar-refractivity contribution in [2.24, 2.45) is 0 Å².